The second-order valence-electron chi connectivity index (χ2n) is 7.06. The van der Waals surface area contributed by atoms with E-state index in [9.17, 15) is 9.18 Å². The lowest BCUT2D eigenvalue weighted by Gasteiger charge is -2.17. The van der Waals surface area contributed by atoms with Crippen molar-refractivity contribution in [3.63, 3.8) is 0 Å². The van der Waals surface area contributed by atoms with Crippen LogP contribution < -0.4 is 20.8 Å². The van der Waals surface area contributed by atoms with E-state index in [1.54, 1.807) is 30.3 Å². The Hall–Kier alpha value is -4.18. The molecule has 3 N–H and O–H groups in total. The van der Waals surface area contributed by atoms with Gasteiger partial charge in [0.25, 0.3) is 5.91 Å². The van der Waals surface area contributed by atoms with Crippen molar-refractivity contribution in [2.75, 3.05) is 24.3 Å². The molecule has 9 nitrogen and oxygen atoms in total. The molecule has 0 unspecified atom stereocenters. The van der Waals surface area contributed by atoms with Crippen molar-refractivity contribution in [3.05, 3.63) is 65.8 Å². The van der Waals surface area contributed by atoms with Gasteiger partial charge in [0.05, 0.1) is 12.8 Å². The Labute approximate surface area is 181 Å². The summed E-state index contributed by atoms with van der Waals surface area (Å²) in [5.41, 5.74) is 2.83. The van der Waals surface area contributed by atoms with E-state index in [0.29, 0.717) is 29.3 Å². The van der Waals surface area contributed by atoms with Gasteiger partial charge in [-0.2, -0.15) is 9.87 Å². The number of hydrogen-bond acceptors (Lipinski definition) is 8. The number of benzene rings is 2. The minimum atomic E-state index is -0.606. The monoisotopic (exact) mass is 435 g/mol. The first-order valence-corrected chi connectivity index (χ1v) is 9.84. The quantitative estimate of drug-likeness (QED) is 0.402. The van der Waals surface area contributed by atoms with Gasteiger partial charge in [-0.15, -0.1) is 0 Å². The standard InChI is InChI=1S/C22H18FN5O4/c1-24-21(29)19-9-13-8-14(4-5-17(13)31-19)27-22-25-11-16(23)20(28-22)26-15-3-2-12-6-7-30-32-18(12)10-15/h2-5,8-11H,6-7H2,1H3,(H,24,29)(H2,25,26,27,28). The molecule has 1 amide bonds. The summed E-state index contributed by atoms with van der Waals surface area (Å²) in [5.74, 6) is 0.0758. The molecule has 4 aromatic rings. The molecule has 0 saturated heterocycles. The maximum absolute atomic E-state index is 14.3. The number of fused-ring (bicyclic) bond motifs is 2. The summed E-state index contributed by atoms with van der Waals surface area (Å²) in [6.07, 6.45) is 1.83. The molecular formula is C22H18FN5O4. The number of carbonyl (C=O) groups excluding carboxylic acids is 1. The molecule has 32 heavy (non-hydrogen) atoms. The van der Waals surface area contributed by atoms with Gasteiger partial charge >= 0.3 is 0 Å². The topological polar surface area (TPSA) is 111 Å². The van der Waals surface area contributed by atoms with Gasteiger partial charge in [0.15, 0.2) is 23.1 Å². The highest BCUT2D eigenvalue weighted by Gasteiger charge is 2.15. The number of aromatic nitrogens is 2. The third-order valence-corrected chi connectivity index (χ3v) is 4.90. The van der Waals surface area contributed by atoms with Crippen LogP contribution in [0.25, 0.3) is 11.0 Å². The summed E-state index contributed by atoms with van der Waals surface area (Å²) in [7, 11) is 1.53. The van der Waals surface area contributed by atoms with Crippen molar-refractivity contribution in [3.8, 4) is 5.75 Å². The van der Waals surface area contributed by atoms with E-state index in [1.807, 2.05) is 12.1 Å². The fourth-order valence-electron chi connectivity index (χ4n) is 3.31. The predicted octanol–water partition coefficient (Wildman–Crippen LogP) is 4.08. The predicted molar refractivity (Wildman–Crippen MR) is 115 cm³/mol. The summed E-state index contributed by atoms with van der Waals surface area (Å²) in [5, 5.41) is 9.22. The molecule has 1 aliphatic rings. The van der Waals surface area contributed by atoms with E-state index in [2.05, 4.69) is 25.9 Å². The summed E-state index contributed by atoms with van der Waals surface area (Å²) >= 11 is 0. The van der Waals surface area contributed by atoms with E-state index in [-0.39, 0.29) is 23.4 Å². The number of hydrogen-bond donors (Lipinski definition) is 3. The van der Waals surface area contributed by atoms with Gasteiger partial charge in [0.2, 0.25) is 5.95 Å². The van der Waals surface area contributed by atoms with Crippen LogP contribution in [-0.2, 0) is 11.3 Å². The Balaban J connectivity index is 1.37. The van der Waals surface area contributed by atoms with Crippen LogP contribution in [0.4, 0.5) is 27.5 Å². The van der Waals surface area contributed by atoms with E-state index in [4.69, 9.17) is 14.2 Å². The van der Waals surface area contributed by atoms with Crippen LogP contribution in [0.5, 0.6) is 5.75 Å². The van der Waals surface area contributed by atoms with Gasteiger partial charge < -0.3 is 25.3 Å². The number of nitrogens with zero attached hydrogens (tertiary/aromatic N) is 2. The zero-order chi connectivity index (χ0) is 22.1. The minimum absolute atomic E-state index is 0.00506. The number of amides is 1. The van der Waals surface area contributed by atoms with Gasteiger partial charge in [-0.05, 0) is 30.3 Å². The lowest BCUT2D eigenvalue weighted by Crippen LogP contribution is -2.16. The molecule has 0 spiro atoms. The largest absolute Gasteiger partial charge is 0.451 e. The Bertz CT molecular complexity index is 1320. The van der Waals surface area contributed by atoms with Crippen LogP contribution in [0.1, 0.15) is 16.1 Å². The van der Waals surface area contributed by atoms with Crippen molar-refractivity contribution in [1.29, 1.82) is 0 Å². The van der Waals surface area contributed by atoms with Crippen LogP contribution in [-0.4, -0.2) is 29.5 Å². The molecule has 0 bridgehead atoms. The molecule has 2 aromatic carbocycles. The van der Waals surface area contributed by atoms with Crippen LogP contribution in [0, 0.1) is 5.82 Å². The Morgan fingerprint density at radius 2 is 1.94 bits per heavy atom. The van der Waals surface area contributed by atoms with Crippen LogP contribution in [0.3, 0.4) is 0 Å². The molecule has 5 rings (SSSR count). The normalized spacial score (nSPS) is 12.7. The average molecular weight is 435 g/mol. The Morgan fingerprint density at radius 3 is 2.81 bits per heavy atom. The van der Waals surface area contributed by atoms with Gasteiger partial charge in [0, 0.05) is 41.9 Å². The van der Waals surface area contributed by atoms with Crippen molar-refractivity contribution in [2.24, 2.45) is 0 Å². The second kappa shape index (κ2) is 8.16. The molecular weight excluding hydrogens is 417 g/mol. The van der Waals surface area contributed by atoms with Gasteiger partial charge in [-0.1, -0.05) is 6.07 Å². The summed E-state index contributed by atoms with van der Waals surface area (Å²) in [4.78, 5) is 30.2. The number of carbonyl (C=O) groups is 1. The molecule has 2 aromatic heterocycles. The number of furan rings is 1. The fraction of sp³-hybridized carbons (Fsp3) is 0.136. The Kier molecular flexibility index (Phi) is 5.04. The molecule has 0 saturated carbocycles. The van der Waals surface area contributed by atoms with Crippen molar-refractivity contribution >= 4 is 40.0 Å². The highest BCUT2D eigenvalue weighted by atomic mass is 19.1. The third-order valence-electron chi connectivity index (χ3n) is 4.90. The van der Waals surface area contributed by atoms with Crippen molar-refractivity contribution in [1.82, 2.24) is 15.3 Å². The zero-order valence-corrected chi connectivity index (χ0v) is 16.9. The third kappa shape index (κ3) is 3.91. The van der Waals surface area contributed by atoms with Crippen molar-refractivity contribution < 1.29 is 23.4 Å². The number of anilines is 4. The van der Waals surface area contributed by atoms with Crippen LogP contribution >= 0.6 is 0 Å². The smallest absolute Gasteiger partial charge is 0.286 e. The number of rotatable bonds is 5. The molecule has 0 atom stereocenters. The first kappa shape index (κ1) is 19.8. The van der Waals surface area contributed by atoms with Crippen molar-refractivity contribution in [2.45, 2.75) is 6.42 Å². The molecule has 1 aliphatic heterocycles. The molecule has 0 radical (unpaired) electrons. The SMILES string of the molecule is CNC(=O)c1cc2cc(Nc3ncc(F)c(Nc4ccc5c(c4)OOCC5)n3)ccc2o1. The van der Waals surface area contributed by atoms with Gasteiger partial charge in [0.1, 0.15) is 5.58 Å². The molecule has 10 heteroatoms. The minimum Gasteiger partial charge on any atom is -0.451 e. The first-order chi connectivity index (χ1) is 15.6. The first-order valence-electron chi connectivity index (χ1n) is 9.84. The summed E-state index contributed by atoms with van der Waals surface area (Å²) < 4.78 is 19.8. The molecule has 3 heterocycles. The average Bonchev–Trinajstić information content (AvgIpc) is 3.24. The van der Waals surface area contributed by atoms with E-state index in [0.717, 1.165) is 23.6 Å². The maximum Gasteiger partial charge on any atom is 0.286 e. The highest BCUT2D eigenvalue weighted by molar-refractivity contribution is 5.96. The second-order valence-corrected chi connectivity index (χ2v) is 7.06. The summed E-state index contributed by atoms with van der Waals surface area (Å²) in [6.45, 7) is 0.493. The molecule has 162 valence electrons. The number of halogens is 1. The highest BCUT2D eigenvalue weighted by Crippen LogP contribution is 2.29. The fourth-order valence-corrected chi connectivity index (χ4v) is 3.31. The van der Waals surface area contributed by atoms with Gasteiger partial charge in [-0.25, -0.2) is 9.37 Å². The molecule has 0 fully saturated rings. The van der Waals surface area contributed by atoms with Gasteiger partial charge in [-0.3, -0.25) is 4.79 Å². The summed E-state index contributed by atoms with van der Waals surface area (Å²) in [6, 6.07) is 12.3. The Morgan fingerprint density at radius 1 is 1.09 bits per heavy atom. The van der Waals surface area contributed by atoms with E-state index in [1.165, 1.54) is 7.05 Å². The van der Waals surface area contributed by atoms with Crippen LogP contribution in [0.2, 0.25) is 0 Å². The van der Waals surface area contributed by atoms with E-state index < -0.39 is 5.82 Å². The number of nitrogens with one attached hydrogen (secondary N) is 3. The van der Waals surface area contributed by atoms with Crippen LogP contribution in [0.15, 0.2) is 53.1 Å². The lowest BCUT2D eigenvalue weighted by molar-refractivity contribution is -0.215. The lowest BCUT2D eigenvalue weighted by atomic mass is 10.1. The van der Waals surface area contributed by atoms with E-state index >= 15 is 0 Å². The molecule has 0 aliphatic carbocycles. The zero-order valence-electron chi connectivity index (χ0n) is 16.9. The maximum atomic E-state index is 14.3.